The first-order valence-electron chi connectivity index (χ1n) is 8.04. The number of aromatic nitrogens is 2. The van der Waals surface area contributed by atoms with Gasteiger partial charge in [-0.05, 0) is 18.4 Å². The molecule has 1 aliphatic heterocycles. The highest BCUT2D eigenvalue weighted by molar-refractivity contribution is 7.88. The smallest absolute Gasteiger partial charge is 0.322 e. The van der Waals surface area contributed by atoms with Crippen molar-refractivity contribution < 1.29 is 17.6 Å². The Kier molecular flexibility index (Phi) is 5.14. The molecule has 1 saturated heterocycles. The summed E-state index contributed by atoms with van der Waals surface area (Å²) in [5.41, 5.74) is 1.04. The lowest BCUT2D eigenvalue weighted by atomic mass is 9.97. The van der Waals surface area contributed by atoms with Crippen molar-refractivity contribution in [3.63, 3.8) is 0 Å². The number of carbonyl (C=O) groups excluding carboxylic acids is 1. The molecule has 1 N–H and O–H groups in total. The van der Waals surface area contributed by atoms with Gasteiger partial charge in [0, 0.05) is 19.0 Å². The second-order valence-electron chi connectivity index (χ2n) is 6.09. The van der Waals surface area contributed by atoms with Crippen molar-refractivity contribution in [2.75, 3.05) is 24.7 Å². The molecule has 1 aliphatic rings. The van der Waals surface area contributed by atoms with Crippen LogP contribution in [0.3, 0.4) is 0 Å². The summed E-state index contributed by atoms with van der Waals surface area (Å²) in [4.78, 5) is 12.3. The maximum absolute atomic E-state index is 12.3. The topological polar surface area (TPSA) is 105 Å². The van der Waals surface area contributed by atoms with E-state index in [1.807, 2.05) is 30.3 Å². The summed E-state index contributed by atoms with van der Waals surface area (Å²) in [5.74, 6) is -0.0565. The number of rotatable bonds is 5. The number of anilines is 1. The summed E-state index contributed by atoms with van der Waals surface area (Å²) in [6.45, 7) is 0.694. The van der Waals surface area contributed by atoms with Gasteiger partial charge in [-0.1, -0.05) is 35.4 Å². The van der Waals surface area contributed by atoms with Crippen LogP contribution in [0.2, 0.25) is 0 Å². The number of hydrogen-bond donors (Lipinski definition) is 1. The number of nitrogens with one attached hydrogen (secondary N) is 1. The van der Waals surface area contributed by atoms with Gasteiger partial charge in [-0.2, -0.15) is 0 Å². The van der Waals surface area contributed by atoms with Gasteiger partial charge in [0.2, 0.25) is 21.8 Å². The Balaban J connectivity index is 1.54. The van der Waals surface area contributed by atoms with Crippen LogP contribution in [0.5, 0.6) is 0 Å². The van der Waals surface area contributed by atoms with E-state index in [1.165, 1.54) is 10.6 Å². The zero-order chi connectivity index (χ0) is 17.9. The monoisotopic (exact) mass is 364 g/mol. The standard InChI is InChI=1S/C16H20N4O4S/c1-25(22,23)20-9-7-13(8-10-20)15(21)17-16-19-18-14(24-16)11-12-5-3-2-4-6-12/h2-6,13H,7-11H2,1H3,(H,17,19,21). The van der Waals surface area contributed by atoms with Gasteiger partial charge in [-0.3, -0.25) is 10.1 Å². The van der Waals surface area contributed by atoms with E-state index in [2.05, 4.69) is 15.5 Å². The van der Waals surface area contributed by atoms with Gasteiger partial charge in [0.25, 0.3) is 0 Å². The fraction of sp³-hybridized carbons (Fsp3) is 0.438. The molecule has 1 amide bonds. The van der Waals surface area contributed by atoms with Gasteiger partial charge in [0.05, 0.1) is 12.7 Å². The van der Waals surface area contributed by atoms with Crippen LogP contribution in [0, 0.1) is 5.92 Å². The van der Waals surface area contributed by atoms with Crippen LogP contribution in [0.4, 0.5) is 6.01 Å². The summed E-state index contributed by atoms with van der Waals surface area (Å²) in [6.07, 6.45) is 2.63. The molecular formula is C16H20N4O4S. The van der Waals surface area contributed by atoms with Crippen molar-refractivity contribution in [1.82, 2.24) is 14.5 Å². The molecule has 3 rings (SSSR count). The number of nitrogens with zero attached hydrogens (tertiary/aromatic N) is 3. The fourth-order valence-corrected chi connectivity index (χ4v) is 3.68. The lowest BCUT2D eigenvalue weighted by molar-refractivity contribution is -0.121. The van der Waals surface area contributed by atoms with Crippen LogP contribution in [-0.2, 0) is 21.2 Å². The molecule has 1 aromatic heterocycles. The first kappa shape index (κ1) is 17.6. The van der Waals surface area contributed by atoms with Crippen molar-refractivity contribution in [3.05, 3.63) is 41.8 Å². The van der Waals surface area contributed by atoms with Crippen LogP contribution < -0.4 is 5.32 Å². The zero-order valence-corrected chi connectivity index (χ0v) is 14.7. The summed E-state index contributed by atoms with van der Waals surface area (Å²) in [7, 11) is -3.20. The highest BCUT2D eigenvalue weighted by atomic mass is 32.2. The molecule has 0 saturated carbocycles. The van der Waals surface area contributed by atoms with Gasteiger partial charge in [0.1, 0.15) is 0 Å². The molecule has 1 fully saturated rings. The number of benzene rings is 1. The summed E-state index contributed by atoms with van der Waals surface area (Å²) in [5, 5.41) is 10.4. The first-order valence-corrected chi connectivity index (χ1v) is 9.89. The molecule has 0 spiro atoms. The fourth-order valence-electron chi connectivity index (χ4n) is 2.80. The van der Waals surface area contributed by atoms with E-state index >= 15 is 0 Å². The highest BCUT2D eigenvalue weighted by Gasteiger charge is 2.29. The van der Waals surface area contributed by atoms with Crippen molar-refractivity contribution >= 4 is 21.9 Å². The predicted molar refractivity (Wildman–Crippen MR) is 91.3 cm³/mol. The maximum Gasteiger partial charge on any atom is 0.322 e. The molecule has 2 aromatic rings. The number of carbonyl (C=O) groups is 1. The summed E-state index contributed by atoms with van der Waals surface area (Å²) < 4.78 is 29.9. The quantitative estimate of drug-likeness (QED) is 0.856. The third-order valence-corrected chi connectivity index (χ3v) is 5.49. The van der Waals surface area contributed by atoms with Gasteiger partial charge in [-0.15, -0.1) is 5.10 Å². The Labute approximate surface area is 146 Å². The Hall–Kier alpha value is -2.26. The van der Waals surface area contributed by atoms with Crippen molar-refractivity contribution in [2.45, 2.75) is 19.3 Å². The molecule has 25 heavy (non-hydrogen) atoms. The maximum atomic E-state index is 12.3. The first-order chi connectivity index (χ1) is 11.9. The van der Waals surface area contributed by atoms with E-state index in [4.69, 9.17) is 4.42 Å². The van der Waals surface area contributed by atoms with E-state index in [0.717, 1.165) is 5.56 Å². The van der Waals surface area contributed by atoms with Crippen LogP contribution in [0.25, 0.3) is 0 Å². The van der Waals surface area contributed by atoms with Gasteiger partial charge < -0.3 is 4.42 Å². The minimum absolute atomic E-state index is 0.0708. The lowest BCUT2D eigenvalue weighted by Gasteiger charge is -2.29. The van der Waals surface area contributed by atoms with E-state index in [9.17, 15) is 13.2 Å². The molecule has 9 heteroatoms. The minimum atomic E-state index is -3.20. The number of piperidine rings is 1. The zero-order valence-electron chi connectivity index (χ0n) is 13.9. The van der Waals surface area contributed by atoms with E-state index in [1.54, 1.807) is 0 Å². The Morgan fingerprint density at radius 2 is 1.92 bits per heavy atom. The molecule has 0 atom stereocenters. The minimum Gasteiger partial charge on any atom is -0.407 e. The third-order valence-electron chi connectivity index (χ3n) is 4.19. The van der Waals surface area contributed by atoms with Crippen molar-refractivity contribution in [3.8, 4) is 0 Å². The van der Waals surface area contributed by atoms with Crippen LogP contribution >= 0.6 is 0 Å². The SMILES string of the molecule is CS(=O)(=O)N1CCC(C(=O)Nc2nnc(Cc3ccccc3)o2)CC1. The Morgan fingerprint density at radius 1 is 1.24 bits per heavy atom. The van der Waals surface area contributed by atoms with Crippen molar-refractivity contribution in [2.24, 2.45) is 5.92 Å². The third kappa shape index (κ3) is 4.64. The number of sulfonamides is 1. The predicted octanol–water partition coefficient (Wildman–Crippen LogP) is 1.27. The molecule has 8 nitrogen and oxygen atoms in total. The molecule has 0 aliphatic carbocycles. The molecule has 1 aromatic carbocycles. The highest BCUT2D eigenvalue weighted by Crippen LogP contribution is 2.21. The average Bonchev–Trinajstić information content (AvgIpc) is 3.02. The largest absolute Gasteiger partial charge is 0.407 e. The summed E-state index contributed by atoms with van der Waals surface area (Å²) in [6, 6.07) is 9.77. The van der Waals surface area contributed by atoms with Crippen LogP contribution in [-0.4, -0.2) is 48.2 Å². The molecular weight excluding hydrogens is 344 g/mol. The Bertz CT molecular complexity index is 827. The Morgan fingerprint density at radius 3 is 2.56 bits per heavy atom. The number of hydrogen-bond acceptors (Lipinski definition) is 6. The van der Waals surface area contributed by atoms with E-state index in [0.29, 0.717) is 38.2 Å². The second kappa shape index (κ2) is 7.32. The second-order valence-corrected chi connectivity index (χ2v) is 8.07. The molecule has 0 bridgehead atoms. The molecule has 0 unspecified atom stereocenters. The van der Waals surface area contributed by atoms with Gasteiger partial charge in [0.15, 0.2) is 0 Å². The lowest BCUT2D eigenvalue weighted by Crippen LogP contribution is -2.40. The normalized spacial score (nSPS) is 16.7. The van der Waals surface area contributed by atoms with Crippen LogP contribution in [0.15, 0.2) is 34.7 Å². The number of amides is 1. The van der Waals surface area contributed by atoms with Gasteiger partial charge in [-0.25, -0.2) is 12.7 Å². The van der Waals surface area contributed by atoms with Crippen LogP contribution in [0.1, 0.15) is 24.3 Å². The average molecular weight is 364 g/mol. The molecule has 2 heterocycles. The molecule has 134 valence electrons. The summed E-state index contributed by atoms with van der Waals surface area (Å²) >= 11 is 0. The van der Waals surface area contributed by atoms with Gasteiger partial charge >= 0.3 is 6.01 Å². The van der Waals surface area contributed by atoms with E-state index < -0.39 is 10.0 Å². The molecule has 0 radical (unpaired) electrons. The van der Waals surface area contributed by atoms with Crippen molar-refractivity contribution in [1.29, 1.82) is 0 Å². The van der Waals surface area contributed by atoms with E-state index in [-0.39, 0.29) is 17.8 Å².